The molecule has 0 spiro atoms. The molecule has 88 valence electrons. The van der Waals surface area contributed by atoms with Crippen molar-refractivity contribution in [2.24, 2.45) is 5.73 Å². The molecule has 2 rings (SSSR count). The molecule has 0 radical (unpaired) electrons. The van der Waals surface area contributed by atoms with Crippen LogP contribution in [0.2, 0.25) is 0 Å². The van der Waals surface area contributed by atoms with Crippen LogP contribution in [0.4, 0.5) is 5.95 Å². The van der Waals surface area contributed by atoms with Crippen molar-refractivity contribution >= 4 is 5.95 Å². The van der Waals surface area contributed by atoms with E-state index in [9.17, 15) is 0 Å². The third kappa shape index (κ3) is 2.76. The Balaban J connectivity index is 2.29. The van der Waals surface area contributed by atoms with E-state index in [1.165, 1.54) is 0 Å². The number of hydrogen-bond donors (Lipinski definition) is 1. The molecule has 0 saturated heterocycles. The zero-order chi connectivity index (χ0) is 12.1. The number of anilines is 1. The fourth-order valence-electron chi connectivity index (χ4n) is 1.51. The van der Waals surface area contributed by atoms with Gasteiger partial charge >= 0.3 is 0 Å². The van der Waals surface area contributed by atoms with Gasteiger partial charge in [-0.05, 0) is 18.2 Å². The molecule has 0 aliphatic heterocycles. The minimum atomic E-state index is 0.583. The van der Waals surface area contributed by atoms with Gasteiger partial charge in [-0.2, -0.15) is 0 Å². The average molecular weight is 229 g/mol. The number of pyridine rings is 1. The first-order valence-corrected chi connectivity index (χ1v) is 5.46. The Morgan fingerprint density at radius 2 is 1.94 bits per heavy atom. The summed E-state index contributed by atoms with van der Waals surface area (Å²) in [6, 6.07) is 5.74. The van der Waals surface area contributed by atoms with Crippen molar-refractivity contribution in [2.45, 2.75) is 0 Å². The highest BCUT2D eigenvalue weighted by molar-refractivity contribution is 5.59. The van der Waals surface area contributed by atoms with Crippen LogP contribution in [0.1, 0.15) is 0 Å². The molecule has 0 aromatic carbocycles. The van der Waals surface area contributed by atoms with Crippen molar-refractivity contribution in [3.8, 4) is 11.3 Å². The Morgan fingerprint density at radius 3 is 2.65 bits per heavy atom. The molecule has 0 bridgehead atoms. The van der Waals surface area contributed by atoms with Crippen LogP contribution in [0.15, 0.2) is 36.8 Å². The van der Waals surface area contributed by atoms with Gasteiger partial charge in [-0.1, -0.05) is 0 Å². The topological polar surface area (TPSA) is 67.9 Å². The lowest BCUT2D eigenvalue weighted by molar-refractivity contribution is 0.847. The van der Waals surface area contributed by atoms with Crippen LogP contribution in [-0.4, -0.2) is 35.1 Å². The van der Waals surface area contributed by atoms with Crippen LogP contribution < -0.4 is 10.6 Å². The number of hydrogen-bond acceptors (Lipinski definition) is 5. The predicted molar refractivity (Wildman–Crippen MR) is 67.6 cm³/mol. The summed E-state index contributed by atoms with van der Waals surface area (Å²) in [5.74, 6) is 0.685. The summed E-state index contributed by atoms with van der Waals surface area (Å²) >= 11 is 0. The van der Waals surface area contributed by atoms with Crippen molar-refractivity contribution in [3.63, 3.8) is 0 Å². The fourth-order valence-corrected chi connectivity index (χ4v) is 1.51. The van der Waals surface area contributed by atoms with E-state index in [1.54, 1.807) is 18.6 Å². The van der Waals surface area contributed by atoms with Gasteiger partial charge in [-0.3, -0.25) is 4.98 Å². The number of nitrogens with two attached hydrogens (primary N) is 1. The number of nitrogens with zero attached hydrogens (tertiary/aromatic N) is 4. The monoisotopic (exact) mass is 229 g/mol. The van der Waals surface area contributed by atoms with Gasteiger partial charge in [0.05, 0.1) is 5.69 Å². The largest absolute Gasteiger partial charge is 0.343 e. The van der Waals surface area contributed by atoms with E-state index >= 15 is 0 Å². The molecule has 17 heavy (non-hydrogen) atoms. The lowest BCUT2D eigenvalue weighted by Gasteiger charge is -2.16. The summed E-state index contributed by atoms with van der Waals surface area (Å²) < 4.78 is 0. The molecular weight excluding hydrogens is 214 g/mol. The lowest BCUT2D eigenvalue weighted by atomic mass is 10.2. The highest BCUT2D eigenvalue weighted by Gasteiger charge is 2.05. The van der Waals surface area contributed by atoms with Gasteiger partial charge in [0, 0.05) is 44.3 Å². The second-order valence-electron chi connectivity index (χ2n) is 3.69. The molecule has 0 amide bonds. The van der Waals surface area contributed by atoms with Gasteiger partial charge in [-0.15, -0.1) is 0 Å². The zero-order valence-electron chi connectivity index (χ0n) is 9.74. The maximum Gasteiger partial charge on any atom is 0.225 e. The van der Waals surface area contributed by atoms with E-state index in [4.69, 9.17) is 5.73 Å². The first-order chi connectivity index (χ1) is 8.31. The van der Waals surface area contributed by atoms with E-state index in [0.717, 1.165) is 17.8 Å². The quantitative estimate of drug-likeness (QED) is 0.844. The third-order valence-corrected chi connectivity index (χ3v) is 2.42. The third-order valence-electron chi connectivity index (χ3n) is 2.42. The summed E-state index contributed by atoms with van der Waals surface area (Å²) in [5, 5.41) is 0. The van der Waals surface area contributed by atoms with E-state index in [-0.39, 0.29) is 0 Å². The molecule has 0 aliphatic rings. The van der Waals surface area contributed by atoms with Crippen LogP contribution in [0.25, 0.3) is 11.3 Å². The zero-order valence-corrected chi connectivity index (χ0v) is 9.74. The smallest absolute Gasteiger partial charge is 0.225 e. The van der Waals surface area contributed by atoms with Gasteiger partial charge < -0.3 is 10.6 Å². The summed E-state index contributed by atoms with van der Waals surface area (Å²) in [6.07, 6.45) is 5.26. The molecule has 2 aromatic rings. The standard InChI is InChI=1S/C12H15N5/c1-17(9-5-13)12-15-8-4-11(16-12)10-2-6-14-7-3-10/h2-4,6-8H,5,9,13H2,1H3. The maximum atomic E-state index is 5.51. The molecule has 0 saturated carbocycles. The van der Waals surface area contributed by atoms with Crippen molar-refractivity contribution in [1.82, 2.24) is 15.0 Å². The molecule has 5 heteroatoms. The molecule has 0 unspecified atom stereocenters. The van der Waals surface area contributed by atoms with Crippen LogP contribution in [0.3, 0.4) is 0 Å². The second kappa shape index (κ2) is 5.36. The second-order valence-corrected chi connectivity index (χ2v) is 3.69. The van der Waals surface area contributed by atoms with Crippen LogP contribution in [0, 0.1) is 0 Å². The van der Waals surface area contributed by atoms with E-state index < -0.39 is 0 Å². The van der Waals surface area contributed by atoms with Gasteiger partial charge in [0.15, 0.2) is 0 Å². The molecule has 2 heterocycles. The van der Waals surface area contributed by atoms with Crippen LogP contribution >= 0.6 is 0 Å². The first kappa shape index (κ1) is 11.5. The van der Waals surface area contributed by atoms with E-state index in [0.29, 0.717) is 12.5 Å². The Hall–Kier alpha value is -2.01. The summed E-state index contributed by atoms with van der Waals surface area (Å²) in [5.41, 5.74) is 7.43. The first-order valence-electron chi connectivity index (χ1n) is 5.46. The maximum absolute atomic E-state index is 5.51. The minimum absolute atomic E-state index is 0.583. The molecule has 0 fully saturated rings. The molecular formula is C12H15N5. The Labute approximate surface area is 100 Å². The van der Waals surface area contributed by atoms with E-state index in [2.05, 4.69) is 15.0 Å². The number of likely N-dealkylation sites (N-methyl/N-ethyl adjacent to an activating group) is 1. The SMILES string of the molecule is CN(CCN)c1nccc(-c2ccncc2)n1. The highest BCUT2D eigenvalue weighted by Crippen LogP contribution is 2.17. The van der Waals surface area contributed by atoms with Gasteiger partial charge in [0.2, 0.25) is 5.95 Å². The lowest BCUT2D eigenvalue weighted by Crippen LogP contribution is -2.26. The number of aromatic nitrogens is 3. The van der Waals surface area contributed by atoms with Gasteiger partial charge in [0.25, 0.3) is 0 Å². The van der Waals surface area contributed by atoms with Crippen molar-refractivity contribution < 1.29 is 0 Å². The number of rotatable bonds is 4. The average Bonchev–Trinajstić information content (AvgIpc) is 2.40. The molecule has 2 aromatic heterocycles. The van der Waals surface area contributed by atoms with Crippen molar-refractivity contribution in [3.05, 3.63) is 36.8 Å². The van der Waals surface area contributed by atoms with Crippen molar-refractivity contribution in [2.75, 3.05) is 25.0 Å². The van der Waals surface area contributed by atoms with Gasteiger partial charge in [-0.25, -0.2) is 9.97 Å². The van der Waals surface area contributed by atoms with Crippen LogP contribution in [0.5, 0.6) is 0 Å². The molecule has 2 N–H and O–H groups in total. The van der Waals surface area contributed by atoms with Crippen LogP contribution in [-0.2, 0) is 0 Å². The van der Waals surface area contributed by atoms with Gasteiger partial charge in [0.1, 0.15) is 0 Å². The Kier molecular flexibility index (Phi) is 3.62. The summed E-state index contributed by atoms with van der Waals surface area (Å²) in [4.78, 5) is 14.6. The Morgan fingerprint density at radius 1 is 1.18 bits per heavy atom. The summed E-state index contributed by atoms with van der Waals surface area (Å²) in [6.45, 7) is 1.32. The minimum Gasteiger partial charge on any atom is -0.343 e. The normalized spacial score (nSPS) is 10.2. The van der Waals surface area contributed by atoms with E-state index in [1.807, 2.05) is 30.1 Å². The highest BCUT2D eigenvalue weighted by atomic mass is 15.2. The van der Waals surface area contributed by atoms with Crippen molar-refractivity contribution in [1.29, 1.82) is 0 Å². The molecule has 0 aliphatic carbocycles. The molecule has 0 atom stereocenters. The molecule has 5 nitrogen and oxygen atoms in total. The predicted octanol–water partition coefficient (Wildman–Crippen LogP) is 0.933. The fraction of sp³-hybridized carbons (Fsp3) is 0.250. The Bertz CT molecular complexity index is 471. The summed E-state index contributed by atoms with van der Waals surface area (Å²) in [7, 11) is 1.93.